The van der Waals surface area contributed by atoms with E-state index in [0.29, 0.717) is 23.9 Å². The van der Waals surface area contributed by atoms with Crippen molar-refractivity contribution in [1.82, 2.24) is 4.90 Å². The van der Waals surface area contributed by atoms with Crippen LogP contribution in [0.1, 0.15) is 96.0 Å². The Kier molecular flexibility index (Phi) is 10.5. The number of amides is 1. The van der Waals surface area contributed by atoms with Crippen LogP contribution >= 0.6 is 0 Å². The molecular formula is C33H48N4O3. The lowest BCUT2D eigenvalue weighted by molar-refractivity contribution is -0.132. The van der Waals surface area contributed by atoms with Crippen LogP contribution in [0.4, 0.5) is 0 Å². The number of amidine groups is 1. The van der Waals surface area contributed by atoms with Gasteiger partial charge in [-0.2, -0.15) is 0 Å². The topological polar surface area (TPSA) is 111 Å². The summed E-state index contributed by atoms with van der Waals surface area (Å²) in [7, 11) is 0. The van der Waals surface area contributed by atoms with E-state index in [4.69, 9.17) is 16.2 Å². The van der Waals surface area contributed by atoms with Gasteiger partial charge in [0, 0.05) is 23.7 Å². The number of carbonyl (C=O) groups is 2. The second-order valence-electron chi connectivity index (χ2n) is 12.1. The van der Waals surface area contributed by atoms with E-state index in [-0.39, 0.29) is 23.5 Å². The summed E-state index contributed by atoms with van der Waals surface area (Å²) in [5, 5.41) is 0. The number of nitrogens with two attached hydrogens (primary N) is 2. The quantitative estimate of drug-likeness (QED) is 0.263. The number of rotatable bonds is 15. The Hall–Kier alpha value is -3.19. The van der Waals surface area contributed by atoms with Crippen molar-refractivity contribution < 1.29 is 14.3 Å². The van der Waals surface area contributed by atoms with Crippen LogP contribution in [-0.2, 0) is 9.53 Å². The van der Waals surface area contributed by atoms with Crippen LogP contribution in [0.3, 0.4) is 0 Å². The van der Waals surface area contributed by atoms with Gasteiger partial charge in [-0.3, -0.25) is 9.59 Å². The van der Waals surface area contributed by atoms with E-state index >= 15 is 0 Å². The molecule has 3 atom stereocenters. The maximum Gasteiger partial charge on any atom is 0.248 e. The molecule has 218 valence electrons. The summed E-state index contributed by atoms with van der Waals surface area (Å²) in [6.07, 6.45) is 9.17. The molecule has 40 heavy (non-hydrogen) atoms. The fraction of sp³-hybridized carbons (Fsp3) is 0.545. The molecule has 1 heterocycles. The van der Waals surface area contributed by atoms with Crippen molar-refractivity contribution in [3.63, 3.8) is 0 Å². The average Bonchev–Trinajstić information content (AvgIpc) is 3.72. The summed E-state index contributed by atoms with van der Waals surface area (Å²) >= 11 is 0. The highest BCUT2D eigenvalue weighted by atomic mass is 16.5. The molecule has 7 heteroatoms. The van der Waals surface area contributed by atoms with Gasteiger partial charge in [0.05, 0.1) is 12.3 Å². The third kappa shape index (κ3) is 7.51. The first-order valence-corrected chi connectivity index (χ1v) is 14.7. The maximum atomic E-state index is 12.0. The van der Waals surface area contributed by atoms with Crippen molar-refractivity contribution in [3.05, 3.63) is 65.8 Å². The minimum atomic E-state index is -0.551. The molecule has 0 aromatic heterocycles. The van der Waals surface area contributed by atoms with E-state index in [9.17, 15) is 9.59 Å². The maximum absolute atomic E-state index is 12.0. The third-order valence-electron chi connectivity index (χ3n) is 8.30. The normalized spacial score (nSPS) is 19.6. The second kappa shape index (κ2) is 13.4. The fourth-order valence-corrected chi connectivity index (χ4v) is 5.34. The van der Waals surface area contributed by atoms with Gasteiger partial charge < -0.3 is 21.1 Å². The highest BCUT2D eigenvalue weighted by Gasteiger charge is 2.48. The highest BCUT2D eigenvalue weighted by Crippen LogP contribution is 2.42. The summed E-state index contributed by atoms with van der Waals surface area (Å²) in [5.74, 6) is 1.30. The van der Waals surface area contributed by atoms with Crippen molar-refractivity contribution in [2.75, 3.05) is 6.61 Å². The number of ketones is 1. The van der Waals surface area contributed by atoms with Crippen LogP contribution < -0.4 is 11.5 Å². The first-order valence-electron chi connectivity index (χ1n) is 14.7. The standard InChI is InChI=1S/C33H48N4O3/c1-8-23(5)29(26-11-13-27(14-12-26)32(35)39)30-31(34)36-17-18-37(30)24(6)28(10-9-21(2)3)19-22(4)20-40-33(15-16-33)25(7)38/h11-14,17-18,21-23,28H,6,8-10,15-16,19-20H2,1-5,7H3,(H2,34,36)(H2,35,39)/b30-29+. The summed E-state index contributed by atoms with van der Waals surface area (Å²) in [4.78, 5) is 30.3. The number of nitrogens with zero attached hydrogens (tertiary/aromatic N) is 2. The molecule has 1 fully saturated rings. The minimum absolute atomic E-state index is 0.130. The molecule has 3 rings (SSSR count). The number of hydrogen-bond acceptors (Lipinski definition) is 6. The molecule has 7 nitrogen and oxygen atoms in total. The summed E-state index contributed by atoms with van der Waals surface area (Å²) in [6.45, 7) is 17.8. The predicted molar refractivity (Wildman–Crippen MR) is 163 cm³/mol. The molecule has 1 aliphatic carbocycles. The SMILES string of the molecule is C=C(C(CCC(C)C)CC(C)COC1(C(C)=O)CC1)N1C=CN=C(N)/C1=C(\c1ccc(C(N)=O)cc1)C(C)CC. The van der Waals surface area contributed by atoms with Crippen molar-refractivity contribution in [2.45, 2.75) is 85.7 Å². The molecular weight excluding hydrogens is 500 g/mol. The van der Waals surface area contributed by atoms with E-state index in [1.54, 1.807) is 25.3 Å². The Morgan fingerprint density at radius 1 is 1.10 bits per heavy atom. The van der Waals surface area contributed by atoms with Gasteiger partial charge in [-0.25, -0.2) is 4.99 Å². The summed E-state index contributed by atoms with van der Waals surface area (Å²) < 4.78 is 6.13. The number of benzene rings is 1. The molecule has 2 aliphatic rings. The van der Waals surface area contributed by atoms with E-state index in [1.165, 1.54) is 0 Å². The molecule has 1 aliphatic heterocycles. The molecule has 4 N–H and O–H groups in total. The molecule has 0 bridgehead atoms. The number of Topliss-reactive ketones (excluding diaryl/α,β-unsaturated/α-hetero) is 1. The fourth-order valence-electron chi connectivity index (χ4n) is 5.34. The minimum Gasteiger partial charge on any atom is -0.382 e. The van der Waals surface area contributed by atoms with E-state index in [2.05, 4.69) is 51.1 Å². The van der Waals surface area contributed by atoms with Gasteiger partial charge >= 0.3 is 0 Å². The Morgan fingerprint density at radius 2 is 1.73 bits per heavy atom. The first-order chi connectivity index (χ1) is 18.9. The van der Waals surface area contributed by atoms with E-state index in [0.717, 1.165) is 61.1 Å². The van der Waals surface area contributed by atoms with Crippen molar-refractivity contribution >= 4 is 23.1 Å². The number of hydrogen-bond donors (Lipinski definition) is 2. The smallest absolute Gasteiger partial charge is 0.248 e. The molecule has 0 spiro atoms. The Bertz CT molecular complexity index is 1170. The molecule has 1 amide bonds. The number of aliphatic imine (C=N–C) groups is 1. The zero-order valence-corrected chi connectivity index (χ0v) is 25.2. The van der Waals surface area contributed by atoms with Crippen molar-refractivity contribution in [1.29, 1.82) is 0 Å². The highest BCUT2D eigenvalue weighted by molar-refractivity contribution is 6.05. The molecule has 3 unspecified atom stereocenters. The Balaban J connectivity index is 1.95. The average molecular weight is 549 g/mol. The predicted octanol–water partition coefficient (Wildman–Crippen LogP) is 6.42. The molecule has 1 aromatic carbocycles. The van der Waals surface area contributed by atoms with Crippen LogP contribution in [-0.4, -0.2) is 34.6 Å². The molecule has 1 saturated carbocycles. The Morgan fingerprint density at radius 3 is 2.25 bits per heavy atom. The second-order valence-corrected chi connectivity index (χ2v) is 12.1. The van der Waals surface area contributed by atoms with E-state index < -0.39 is 11.5 Å². The van der Waals surface area contributed by atoms with Gasteiger partial charge in [0.25, 0.3) is 0 Å². The van der Waals surface area contributed by atoms with Gasteiger partial charge in [-0.15, -0.1) is 0 Å². The van der Waals surface area contributed by atoms with E-state index in [1.807, 2.05) is 18.3 Å². The lowest BCUT2D eigenvalue weighted by atomic mass is 9.85. The van der Waals surface area contributed by atoms with Gasteiger partial charge in [-0.1, -0.05) is 59.8 Å². The van der Waals surface area contributed by atoms with Crippen molar-refractivity contribution in [2.24, 2.45) is 40.1 Å². The third-order valence-corrected chi connectivity index (χ3v) is 8.30. The largest absolute Gasteiger partial charge is 0.382 e. The molecule has 0 saturated heterocycles. The number of primary amides is 1. The van der Waals surface area contributed by atoms with Crippen LogP contribution in [0.15, 0.2) is 59.6 Å². The van der Waals surface area contributed by atoms with Crippen LogP contribution in [0, 0.1) is 23.7 Å². The summed E-state index contributed by atoms with van der Waals surface area (Å²) in [5.41, 5.74) is 15.8. The van der Waals surface area contributed by atoms with Gasteiger partial charge in [-0.05, 0) is 86.0 Å². The lowest BCUT2D eigenvalue weighted by Crippen LogP contribution is -2.34. The van der Waals surface area contributed by atoms with Gasteiger partial charge in [0.15, 0.2) is 5.78 Å². The van der Waals surface area contributed by atoms with Gasteiger partial charge in [0.1, 0.15) is 11.4 Å². The van der Waals surface area contributed by atoms with Crippen molar-refractivity contribution in [3.8, 4) is 0 Å². The zero-order chi connectivity index (χ0) is 29.6. The van der Waals surface area contributed by atoms with Gasteiger partial charge in [0.2, 0.25) is 5.91 Å². The molecule has 0 radical (unpaired) electrons. The Labute approximate surface area is 240 Å². The van der Waals surface area contributed by atoms with Crippen LogP contribution in [0.2, 0.25) is 0 Å². The monoisotopic (exact) mass is 548 g/mol. The summed E-state index contributed by atoms with van der Waals surface area (Å²) in [6, 6.07) is 7.37. The number of ether oxygens (including phenoxy) is 1. The van der Waals surface area contributed by atoms with Crippen LogP contribution in [0.25, 0.3) is 5.57 Å². The van der Waals surface area contributed by atoms with Crippen LogP contribution in [0.5, 0.6) is 0 Å². The number of carbonyl (C=O) groups excluding carboxylic acids is 2. The lowest BCUT2D eigenvalue weighted by Gasteiger charge is -2.36. The zero-order valence-electron chi connectivity index (χ0n) is 25.2. The molecule has 1 aromatic rings. The number of allylic oxidation sites excluding steroid dienone is 2. The first kappa shape index (κ1) is 31.3.